The minimum absolute atomic E-state index is 0.144. The highest BCUT2D eigenvalue weighted by Gasteiger charge is 2.20. The van der Waals surface area contributed by atoms with E-state index in [1.807, 2.05) is 36.4 Å². The van der Waals surface area contributed by atoms with E-state index in [4.69, 9.17) is 0 Å². The lowest BCUT2D eigenvalue weighted by atomic mass is 10.1. The van der Waals surface area contributed by atoms with E-state index >= 15 is 0 Å². The summed E-state index contributed by atoms with van der Waals surface area (Å²) in [6.07, 6.45) is 4.21. The fourth-order valence-electron chi connectivity index (χ4n) is 3.39. The lowest BCUT2D eigenvalue weighted by Gasteiger charge is -2.26. The minimum atomic E-state index is -0.209. The van der Waals surface area contributed by atoms with Gasteiger partial charge < -0.3 is 10.2 Å². The van der Waals surface area contributed by atoms with Crippen LogP contribution in [0, 0.1) is 0 Å². The van der Waals surface area contributed by atoms with Crippen LogP contribution >= 0.6 is 15.9 Å². The van der Waals surface area contributed by atoms with E-state index in [1.54, 1.807) is 34.0 Å². The maximum absolute atomic E-state index is 12.7. The van der Waals surface area contributed by atoms with Gasteiger partial charge in [0.15, 0.2) is 0 Å². The van der Waals surface area contributed by atoms with E-state index in [0.29, 0.717) is 24.3 Å². The summed E-state index contributed by atoms with van der Waals surface area (Å²) < 4.78 is 2.77. The molecule has 29 heavy (non-hydrogen) atoms. The highest BCUT2D eigenvalue weighted by atomic mass is 79.9. The van der Waals surface area contributed by atoms with Crippen LogP contribution in [0.2, 0.25) is 0 Å². The predicted octanol–water partition coefficient (Wildman–Crippen LogP) is 4.46. The first kappa shape index (κ1) is 19.4. The molecule has 0 unspecified atom stereocenters. The molecule has 0 saturated carbocycles. The number of benzene rings is 2. The van der Waals surface area contributed by atoms with Gasteiger partial charge in [-0.2, -0.15) is 5.10 Å². The van der Waals surface area contributed by atoms with Crippen molar-refractivity contribution in [1.29, 1.82) is 0 Å². The standard InChI is InChI=1S/C22H21BrN4O2/c23-18-8-4-16(5-9-18)15-27-20(12-13-24-27)25-22(29)17-6-10-19(11-7-17)26-14-2-1-3-21(26)28/h4-13H,1-3,14-15H2,(H,25,29). The van der Waals surface area contributed by atoms with Crippen molar-refractivity contribution in [3.05, 3.63) is 76.4 Å². The molecule has 148 valence electrons. The molecule has 1 saturated heterocycles. The summed E-state index contributed by atoms with van der Waals surface area (Å²) in [5, 5.41) is 7.23. The Kier molecular flexibility index (Phi) is 5.76. The number of anilines is 2. The number of nitrogens with one attached hydrogen (secondary N) is 1. The summed E-state index contributed by atoms with van der Waals surface area (Å²) >= 11 is 3.43. The predicted molar refractivity (Wildman–Crippen MR) is 116 cm³/mol. The van der Waals surface area contributed by atoms with Gasteiger partial charge in [-0.3, -0.25) is 9.59 Å². The van der Waals surface area contributed by atoms with Crippen LogP contribution in [0.4, 0.5) is 11.5 Å². The zero-order chi connectivity index (χ0) is 20.2. The van der Waals surface area contributed by atoms with Crippen molar-refractivity contribution < 1.29 is 9.59 Å². The summed E-state index contributed by atoms with van der Waals surface area (Å²) in [6, 6.07) is 16.9. The number of carbonyl (C=O) groups excluding carboxylic acids is 2. The van der Waals surface area contributed by atoms with E-state index in [2.05, 4.69) is 26.3 Å². The Bertz CT molecular complexity index is 1010. The molecule has 6 nitrogen and oxygen atoms in total. The molecule has 2 amide bonds. The van der Waals surface area contributed by atoms with Crippen molar-refractivity contribution >= 4 is 39.2 Å². The van der Waals surface area contributed by atoms with E-state index in [-0.39, 0.29) is 11.8 Å². The smallest absolute Gasteiger partial charge is 0.256 e. The van der Waals surface area contributed by atoms with Crippen LogP contribution in [0.25, 0.3) is 0 Å². The number of nitrogens with zero attached hydrogens (tertiary/aromatic N) is 3. The Labute approximate surface area is 177 Å². The minimum Gasteiger partial charge on any atom is -0.312 e. The SMILES string of the molecule is O=C(Nc1ccnn1Cc1ccc(Br)cc1)c1ccc(N2CCCCC2=O)cc1. The summed E-state index contributed by atoms with van der Waals surface area (Å²) in [7, 11) is 0. The highest BCUT2D eigenvalue weighted by molar-refractivity contribution is 9.10. The Balaban J connectivity index is 1.44. The van der Waals surface area contributed by atoms with E-state index in [1.165, 1.54) is 0 Å². The van der Waals surface area contributed by atoms with Crippen molar-refractivity contribution in [2.75, 3.05) is 16.8 Å². The molecule has 3 aromatic rings. The zero-order valence-electron chi connectivity index (χ0n) is 15.8. The van der Waals surface area contributed by atoms with Crippen LogP contribution < -0.4 is 10.2 Å². The first-order valence-electron chi connectivity index (χ1n) is 9.58. The number of hydrogen-bond acceptors (Lipinski definition) is 3. The first-order valence-corrected chi connectivity index (χ1v) is 10.4. The summed E-state index contributed by atoms with van der Waals surface area (Å²) in [4.78, 5) is 26.5. The van der Waals surface area contributed by atoms with Gasteiger partial charge in [-0.15, -0.1) is 0 Å². The number of hydrogen-bond donors (Lipinski definition) is 1. The van der Waals surface area contributed by atoms with Crippen molar-refractivity contribution in [1.82, 2.24) is 9.78 Å². The number of amides is 2. The molecular weight excluding hydrogens is 432 g/mol. The van der Waals surface area contributed by atoms with Gasteiger partial charge in [0.05, 0.1) is 12.7 Å². The quantitative estimate of drug-likeness (QED) is 0.620. The van der Waals surface area contributed by atoms with Gasteiger partial charge in [0.25, 0.3) is 5.91 Å². The Morgan fingerprint density at radius 3 is 2.52 bits per heavy atom. The fraction of sp³-hybridized carbons (Fsp3) is 0.227. The number of piperidine rings is 1. The van der Waals surface area contributed by atoms with Gasteiger partial charge in [-0.25, -0.2) is 4.68 Å². The third-order valence-electron chi connectivity index (χ3n) is 4.97. The molecule has 1 aromatic heterocycles. The largest absolute Gasteiger partial charge is 0.312 e. The van der Waals surface area contributed by atoms with Crippen LogP contribution in [-0.4, -0.2) is 28.1 Å². The summed E-state index contributed by atoms with van der Waals surface area (Å²) in [6.45, 7) is 1.30. The van der Waals surface area contributed by atoms with E-state index in [9.17, 15) is 9.59 Å². The van der Waals surface area contributed by atoms with Crippen molar-refractivity contribution in [3.63, 3.8) is 0 Å². The van der Waals surface area contributed by atoms with Gasteiger partial charge >= 0.3 is 0 Å². The molecular formula is C22H21BrN4O2. The molecule has 1 aliphatic rings. The fourth-order valence-corrected chi connectivity index (χ4v) is 3.65. The molecule has 0 radical (unpaired) electrons. The lowest BCUT2D eigenvalue weighted by molar-refractivity contribution is -0.119. The van der Waals surface area contributed by atoms with Crippen molar-refractivity contribution in [2.24, 2.45) is 0 Å². The molecule has 0 spiro atoms. The maximum atomic E-state index is 12.7. The summed E-state index contributed by atoms with van der Waals surface area (Å²) in [5.74, 6) is 0.567. The topological polar surface area (TPSA) is 67.2 Å². The molecule has 1 aliphatic heterocycles. The Morgan fingerprint density at radius 1 is 1.03 bits per heavy atom. The lowest BCUT2D eigenvalue weighted by Crippen LogP contribution is -2.35. The molecule has 1 fully saturated rings. The number of aromatic nitrogens is 2. The molecule has 4 rings (SSSR count). The first-order chi connectivity index (χ1) is 14.1. The second-order valence-electron chi connectivity index (χ2n) is 7.00. The number of halogens is 1. The highest BCUT2D eigenvalue weighted by Crippen LogP contribution is 2.22. The zero-order valence-corrected chi connectivity index (χ0v) is 17.4. The van der Waals surface area contributed by atoms with Gasteiger partial charge in [0.1, 0.15) is 5.82 Å². The van der Waals surface area contributed by atoms with Crippen LogP contribution in [0.15, 0.2) is 65.3 Å². The van der Waals surface area contributed by atoms with Crippen LogP contribution in [0.5, 0.6) is 0 Å². The Morgan fingerprint density at radius 2 is 1.79 bits per heavy atom. The third kappa shape index (κ3) is 4.56. The normalized spacial score (nSPS) is 14.1. The third-order valence-corrected chi connectivity index (χ3v) is 5.50. The maximum Gasteiger partial charge on any atom is 0.256 e. The van der Waals surface area contributed by atoms with Gasteiger partial charge in [-0.05, 0) is 54.8 Å². The second kappa shape index (κ2) is 8.61. The number of rotatable bonds is 5. The van der Waals surface area contributed by atoms with Crippen LogP contribution in [0.1, 0.15) is 35.2 Å². The van der Waals surface area contributed by atoms with E-state index in [0.717, 1.165) is 35.1 Å². The molecule has 7 heteroatoms. The van der Waals surface area contributed by atoms with E-state index < -0.39 is 0 Å². The molecule has 0 bridgehead atoms. The van der Waals surface area contributed by atoms with Crippen molar-refractivity contribution in [2.45, 2.75) is 25.8 Å². The molecule has 1 N–H and O–H groups in total. The van der Waals surface area contributed by atoms with Crippen molar-refractivity contribution in [3.8, 4) is 0 Å². The average molecular weight is 453 g/mol. The van der Waals surface area contributed by atoms with Gasteiger partial charge in [0.2, 0.25) is 5.91 Å². The molecule has 0 atom stereocenters. The molecule has 0 aliphatic carbocycles. The van der Waals surface area contributed by atoms with Crippen LogP contribution in [-0.2, 0) is 11.3 Å². The van der Waals surface area contributed by atoms with Gasteiger partial charge in [0, 0.05) is 34.8 Å². The summed E-state index contributed by atoms with van der Waals surface area (Å²) in [5.41, 5.74) is 2.46. The Hall–Kier alpha value is -2.93. The molecule has 2 aromatic carbocycles. The number of carbonyl (C=O) groups is 2. The molecule has 2 heterocycles. The van der Waals surface area contributed by atoms with Crippen LogP contribution in [0.3, 0.4) is 0 Å². The average Bonchev–Trinajstić information content (AvgIpc) is 3.17. The second-order valence-corrected chi connectivity index (χ2v) is 7.92. The monoisotopic (exact) mass is 452 g/mol. The van der Waals surface area contributed by atoms with Gasteiger partial charge in [-0.1, -0.05) is 28.1 Å².